The first kappa shape index (κ1) is 16.6. The summed E-state index contributed by atoms with van der Waals surface area (Å²) in [6, 6.07) is 0. The summed E-state index contributed by atoms with van der Waals surface area (Å²) in [4.78, 5) is 23.1. The second-order valence-corrected chi connectivity index (χ2v) is 5.15. The van der Waals surface area contributed by atoms with E-state index in [0.717, 1.165) is 4.68 Å². The fraction of sp³-hybridized carbons (Fsp3) is 0.583. The summed E-state index contributed by atoms with van der Waals surface area (Å²) in [5, 5.41) is 7.04. The molecule has 1 aromatic heterocycles. The predicted molar refractivity (Wildman–Crippen MR) is 77.7 cm³/mol. The minimum absolute atomic E-state index is 0.214. The molecule has 1 N–H and O–H groups in total. The van der Waals surface area contributed by atoms with Crippen molar-refractivity contribution >= 4 is 27.6 Å². The standard InChI is InChI=1S/C12H18BrN3O4/c1-8(7-19-2)4-14-9-5-15-16(6-10(17)20-3)12(18)11(9)13/h5,8,14H,4,6-7H2,1-3H3. The largest absolute Gasteiger partial charge is 0.468 e. The van der Waals surface area contributed by atoms with Crippen LogP contribution < -0.4 is 10.9 Å². The smallest absolute Gasteiger partial charge is 0.327 e. The first-order valence-corrected chi connectivity index (χ1v) is 6.84. The van der Waals surface area contributed by atoms with Gasteiger partial charge in [0.05, 0.1) is 25.6 Å². The van der Waals surface area contributed by atoms with Crippen molar-refractivity contribution in [2.45, 2.75) is 13.5 Å². The minimum atomic E-state index is -0.527. The fourth-order valence-corrected chi connectivity index (χ4v) is 1.96. The Morgan fingerprint density at radius 3 is 2.85 bits per heavy atom. The predicted octanol–water partition coefficient (Wildman–Crippen LogP) is 0.873. The van der Waals surface area contributed by atoms with Gasteiger partial charge in [-0.1, -0.05) is 6.92 Å². The Bertz CT molecular complexity index is 518. The Morgan fingerprint density at radius 1 is 1.55 bits per heavy atom. The van der Waals surface area contributed by atoms with Gasteiger partial charge in [-0.15, -0.1) is 0 Å². The fourth-order valence-electron chi connectivity index (χ4n) is 1.52. The van der Waals surface area contributed by atoms with E-state index in [1.54, 1.807) is 7.11 Å². The van der Waals surface area contributed by atoms with Gasteiger partial charge in [-0.2, -0.15) is 5.10 Å². The van der Waals surface area contributed by atoms with Gasteiger partial charge < -0.3 is 14.8 Å². The molecule has 0 amide bonds. The molecule has 1 unspecified atom stereocenters. The summed E-state index contributed by atoms with van der Waals surface area (Å²) in [5.74, 6) is -0.231. The number of nitrogens with one attached hydrogen (secondary N) is 1. The zero-order valence-corrected chi connectivity index (χ0v) is 13.3. The molecule has 0 aliphatic rings. The van der Waals surface area contributed by atoms with E-state index in [9.17, 15) is 9.59 Å². The molecule has 0 saturated heterocycles. The maximum absolute atomic E-state index is 12.0. The number of aromatic nitrogens is 2. The first-order chi connectivity index (χ1) is 9.49. The Balaban J connectivity index is 2.78. The first-order valence-electron chi connectivity index (χ1n) is 6.04. The molecule has 7 nitrogen and oxygen atoms in total. The lowest BCUT2D eigenvalue weighted by molar-refractivity contribution is -0.141. The number of carbonyl (C=O) groups is 1. The summed E-state index contributed by atoms with van der Waals surface area (Å²) >= 11 is 3.21. The van der Waals surface area contributed by atoms with E-state index >= 15 is 0 Å². The van der Waals surface area contributed by atoms with Crippen molar-refractivity contribution in [2.75, 3.05) is 32.7 Å². The second kappa shape index (κ2) is 8.01. The van der Waals surface area contributed by atoms with Gasteiger partial charge >= 0.3 is 5.97 Å². The Hall–Kier alpha value is -1.41. The third-order valence-corrected chi connectivity index (χ3v) is 3.35. The number of carbonyl (C=O) groups excluding carboxylic acids is 1. The van der Waals surface area contributed by atoms with Gasteiger partial charge in [-0.05, 0) is 21.8 Å². The third kappa shape index (κ3) is 4.61. The van der Waals surface area contributed by atoms with Crippen LogP contribution in [0.1, 0.15) is 6.92 Å². The highest BCUT2D eigenvalue weighted by Gasteiger charge is 2.12. The highest BCUT2D eigenvalue weighted by molar-refractivity contribution is 9.10. The van der Waals surface area contributed by atoms with Gasteiger partial charge in [0.15, 0.2) is 0 Å². The van der Waals surface area contributed by atoms with Crippen LogP contribution in [-0.2, 0) is 20.8 Å². The lowest BCUT2D eigenvalue weighted by atomic mass is 10.2. The van der Waals surface area contributed by atoms with Crippen LogP contribution in [0, 0.1) is 5.92 Å². The maximum atomic E-state index is 12.0. The number of nitrogens with zero attached hydrogens (tertiary/aromatic N) is 2. The van der Waals surface area contributed by atoms with Crippen LogP contribution in [-0.4, -0.2) is 43.1 Å². The van der Waals surface area contributed by atoms with E-state index < -0.39 is 5.97 Å². The van der Waals surface area contributed by atoms with Gasteiger partial charge in [0, 0.05) is 13.7 Å². The van der Waals surface area contributed by atoms with Crippen molar-refractivity contribution in [3.63, 3.8) is 0 Å². The molecule has 0 aromatic carbocycles. The molecule has 0 spiro atoms. The summed E-state index contributed by atoms with van der Waals surface area (Å²) < 4.78 is 10.9. The topological polar surface area (TPSA) is 82.4 Å². The molecule has 0 radical (unpaired) electrons. The van der Waals surface area contributed by atoms with E-state index in [1.807, 2.05) is 6.92 Å². The average Bonchev–Trinajstić information content (AvgIpc) is 2.43. The SMILES string of the molecule is COCC(C)CNc1cnn(CC(=O)OC)c(=O)c1Br. The van der Waals surface area contributed by atoms with E-state index in [-0.39, 0.29) is 12.1 Å². The molecule has 0 saturated carbocycles. The van der Waals surface area contributed by atoms with E-state index in [0.29, 0.717) is 29.2 Å². The number of anilines is 1. The number of esters is 1. The molecule has 0 aliphatic heterocycles. The van der Waals surface area contributed by atoms with Gasteiger partial charge in [0.1, 0.15) is 11.0 Å². The minimum Gasteiger partial charge on any atom is -0.468 e. The number of halogens is 1. The van der Waals surface area contributed by atoms with E-state index in [1.165, 1.54) is 13.3 Å². The Morgan fingerprint density at radius 2 is 2.25 bits per heavy atom. The van der Waals surface area contributed by atoms with Crippen molar-refractivity contribution in [1.29, 1.82) is 0 Å². The molecular formula is C12H18BrN3O4. The van der Waals surface area contributed by atoms with Crippen molar-refractivity contribution in [2.24, 2.45) is 5.92 Å². The molecule has 0 fully saturated rings. The monoisotopic (exact) mass is 347 g/mol. The molecular weight excluding hydrogens is 330 g/mol. The van der Waals surface area contributed by atoms with Crippen molar-refractivity contribution in [3.05, 3.63) is 21.0 Å². The number of rotatable bonds is 7. The van der Waals surface area contributed by atoms with Gasteiger partial charge in [0.2, 0.25) is 0 Å². The molecule has 1 rings (SSSR count). The van der Waals surface area contributed by atoms with Gasteiger partial charge in [-0.3, -0.25) is 9.59 Å². The average molecular weight is 348 g/mol. The summed E-state index contributed by atoms with van der Waals surface area (Å²) in [6.45, 7) is 3.08. The third-order valence-electron chi connectivity index (χ3n) is 2.58. The molecule has 1 atom stereocenters. The highest BCUT2D eigenvalue weighted by atomic mass is 79.9. The van der Waals surface area contributed by atoms with Crippen LogP contribution in [0.5, 0.6) is 0 Å². The van der Waals surface area contributed by atoms with Crippen molar-refractivity contribution in [1.82, 2.24) is 9.78 Å². The van der Waals surface area contributed by atoms with Crippen LogP contribution in [0.15, 0.2) is 15.5 Å². The molecule has 8 heteroatoms. The van der Waals surface area contributed by atoms with Gasteiger partial charge in [-0.25, -0.2) is 4.68 Å². The molecule has 0 bridgehead atoms. The van der Waals surface area contributed by atoms with Crippen LogP contribution in [0.25, 0.3) is 0 Å². The number of ether oxygens (including phenoxy) is 2. The molecule has 112 valence electrons. The summed E-state index contributed by atoms with van der Waals surface area (Å²) in [5.41, 5.74) is 0.193. The number of methoxy groups -OCH3 is 2. The second-order valence-electron chi connectivity index (χ2n) is 4.35. The van der Waals surface area contributed by atoms with Crippen LogP contribution >= 0.6 is 15.9 Å². The van der Waals surface area contributed by atoms with Gasteiger partial charge in [0.25, 0.3) is 5.56 Å². The molecule has 1 aromatic rings. The Kier molecular flexibility index (Phi) is 6.66. The highest BCUT2D eigenvalue weighted by Crippen LogP contribution is 2.16. The number of hydrogen-bond acceptors (Lipinski definition) is 6. The number of hydrogen-bond donors (Lipinski definition) is 1. The van der Waals surface area contributed by atoms with Crippen LogP contribution in [0.3, 0.4) is 0 Å². The zero-order valence-electron chi connectivity index (χ0n) is 11.7. The van der Waals surface area contributed by atoms with Crippen LogP contribution in [0.4, 0.5) is 5.69 Å². The maximum Gasteiger partial charge on any atom is 0.327 e. The molecule has 1 heterocycles. The quantitative estimate of drug-likeness (QED) is 0.737. The Labute approximate surface area is 125 Å². The summed E-state index contributed by atoms with van der Waals surface area (Å²) in [7, 11) is 2.90. The normalized spacial score (nSPS) is 12.0. The van der Waals surface area contributed by atoms with E-state index in [4.69, 9.17) is 4.74 Å². The van der Waals surface area contributed by atoms with Crippen LogP contribution in [0.2, 0.25) is 0 Å². The summed E-state index contributed by atoms with van der Waals surface area (Å²) in [6.07, 6.45) is 1.49. The van der Waals surface area contributed by atoms with E-state index in [2.05, 4.69) is 31.1 Å². The lowest BCUT2D eigenvalue weighted by Gasteiger charge is -2.14. The zero-order chi connectivity index (χ0) is 15.1. The van der Waals surface area contributed by atoms with Crippen molar-refractivity contribution < 1.29 is 14.3 Å². The van der Waals surface area contributed by atoms with Crippen molar-refractivity contribution in [3.8, 4) is 0 Å². The molecule has 20 heavy (non-hydrogen) atoms. The molecule has 0 aliphatic carbocycles. The lowest BCUT2D eigenvalue weighted by Crippen LogP contribution is -2.28.